The second-order valence-electron chi connectivity index (χ2n) is 4.71. The van der Waals surface area contributed by atoms with E-state index in [0.29, 0.717) is 18.5 Å². The molecule has 3 N–H and O–H groups in total. The van der Waals surface area contributed by atoms with Gasteiger partial charge < -0.3 is 11.1 Å². The van der Waals surface area contributed by atoms with Gasteiger partial charge in [-0.15, -0.1) is 35.3 Å². The van der Waals surface area contributed by atoms with Crippen molar-refractivity contribution < 1.29 is 0 Å². The zero-order valence-corrected chi connectivity index (χ0v) is 16.4. The van der Waals surface area contributed by atoms with Crippen LogP contribution in [0, 0.1) is 0 Å². The number of likely N-dealkylation sites (N-methyl/N-ethyl adjacent to an activating group) is 1. The molecule has 1 aliphatic rings. The highest BCUT2D eigenvalue weighted by molar-refractivity contribution is 14.0. The van der Waals surface area contributed by atoms with Crippen molar-refractivity contribution in [3.8, 4) is 0 Å². The summed E-state index contributed by atoms with van der Waals surface area (Å²) in [5, 5.41) is 3.24. The molecule has 0 aliphatic carbocycles. The molecule has 20 heavy (non-hydrogen) atoms. The number of thiophene rings is 1. The van der Waals surface area contributed by atoms with Gasteiger partial charge in [0, 0.05) is 17.5 Å². The number of aliphatic imine (C=N–C) groups is 1. The van der Waals surface area contributed by atoms with Gasteiger partial charge in [0.1, 0.15) is 0 Å². The molecule has 2 heterocycles. The lowest BCUT2D eigenvalue weighted by molar-refractivity contribution is 0.267. The van der Waals surface area contributed by atoms with E-state index >= 15 is 0 Å². The van der Waals surface area contributed by atoms with Crippen LogP contribution in [0.5, 0.6) is 0 Å². The molecule has 114 valence electrons. The summed E-state index contributed by atoms with van der Waals surface area (Å²) in [4.78, 5) is 8.09. The minimum Gasteiger partial charge on any atom is -0.370 e. The maximum Gasteiger partial charge on any atom is 0.189 e. The minimum absolute atomic E-state index is 0. The quantitative estimate of drug-likeness (QED) is 0.393. The van der Waals surface area contributed by atoms with Gasteiger partial charge in [-0.3, -0.25) is 4.90 Å². The van der Waals surface area contributed by atoms with E-state index in [-0.39, 0.29) is 24.0 Å². The van der Waals surface area contributed by atoms with E-state index in [4.69, 9.17) is 5.73 Å². The van der Waals surface area contributed by atoms with Gasteiger partial charge in [0.25, 0.3) is 0 Å². The van der Waals surface area contributed by atoms with Crippen LogP contribution >= 0.6 is 51.2 Å². The average molecular weight is 473 g/mol. The van der Waals surface area contributed by atoms with E-state index in [1.807, 2.05) is 6.07 Å². The first kappa shape index (κ1) is 18.2. The third-order valence-electron chi connectivity index (χ3n) is 3.46. The van der Waals surface area contributed by atoms with Crippen molar-refractivity contribution in [2.75, 3.05) is 19.6 Å². The summed E-state index contributed by atoms with van der Waals surface area (Å²) in [6.07, 6.45) is 2.55. The number of halogens is 2. The molecular weight excluding hydrogens is 451 g/mol. The molecule has 7 heteroatoms. The maximum atomic E-state index is 5.91. The van der Waals surface area contributed by atoms with Gasteiger partial charge in [-0.1, -0.05) is 6.92 Å². The number of likely N-dealkylation sites (tertiary alicyclic amines) is 1. The number of nitrogens with zero attached hydrogens (tertiary/aromatic N) is 2. The van der Waals surface area contributed by atoms with E-state index in [1.165, 1.54) is 24.3 Å². The van der Waals surface area contributed by atoms with Gasteiger partial charge in [-0.25, -0.2) is 4.99 Å². The van der Waals surface area contributed by atoms with Crippen LogP contribution in [0.25, 0.3) is 0 Å². The average Bonchev–Trinajstić information content (AvgIpc) is 3.02. The summed E-state index contributed by atoms with van der Waals surface area (Å²) < 4.78 is 1.13. The lowest BCUT2D eigenvalue weighted by Gasteiger charge is -2.23. The molecule has 0 radical (unpaired) electrons. The number of hydrogen-bond acceptors (Lipinski definition) is 3. The monoisotopic (exact) mass is 472 g/mol. The first-order chi connectivity index (χ1) is 9.19. The summed E-state index contributed by atoms with van der Waals surface area (Å²) in [6, 6.07) is 4.72. The van der Waals surface area contributed by atoms with Crippen molar-refractivity contribution in [1.29, 1.82) is 0 Å². The fraction of sp³-hybridized carbons (Fsp3) is 0.615. The van der Waals surface area contributed by atoms with Crippen molar-refractivity contribution in [1.82, 2.24) is 10.2 Å². The fourth-order valence-electron chi connectivity index (χ4n) is 2.42. The number of nitrogens with one attached hydrogen (secondary N) is 1. The largest absolute Gasteiger partial charge is 0.370 e. The topological polar surface area (TPSA) is 53.6 Å². The van der Waals surface area contributed by atoms with E-state index < -0.39 is 0 Å². The van der Waals surface area contributed by atoms with Crippen LogP contribution in [0.4, 0.5) is 0 Å². The molecule has 2 rings (SSSR count). The molecule has 1 aromatic rings. The van der Waals surface area contributed by atoms with Crippen LogP contribution < -0.4 is 11.1 Å². The zero-order valence-electron chi connectivity index (χ0n) is 11.6. The van der Waals surface area contributed by atoms with Gasteiger partial charge in [-0.05, 0) is 54.0 Å². The molecule has 1 atom stereocenters. The van der Waals surface area contributed by atoms with Gasteiger partial charge in [0.2, 0.25) is 0 Å². The highest BCUT2D eigenvalue weighted by Crippen LogP contribution is 2.22. The normalized spacial score (nSPS) is 19.9. The Hall–Kier alpha value is 0.140. The molecule has 0 aromatic carbocycles. The lowest BCUT2D eigenvalue weighted by Crippen LogP contribution is -2.42. The molecule has 1 unspecified atom stereocenters. The molecule has 1 aliphatic heterocycles. The van der Waals surface area contributed by atoms with E-state index in [2.05, 4.69) is 44.1 Å². The molecule has 1 aromatic heterocycles. The van der Waals surface area contributed by atoms with Crippen LogP contribution in [0.1, 0.15) is 24.6 Å². The highest BCUT2D eigenvalue weighted by atomic mass is 127. The predicted molar refractivity (Wildman–Crippen MR) is 101 cm³/mol. The first-order valence-electron chi connectivity index (χ1n) is 6.71. The fourth-order valence-corrected chi connectivity index (χ4v) is 3.83. The summed E-state index contributed by atoms with van der Waals surface area (Å²) >= 11 is 5.14. The first-order valence-corrected chi connectivity index (χ1v) is 8.32. The van der Waals surface area contributed by atoms with Crippen molar-refractivity contribution in [2.45, 2.75) is 32.4 Å². The Labute approximate surface area is 150 Å². The third kappa shape index (κ3) is 5.50. The van der Waals surface area contributed by atoms with Crippen LogP contribution in [0.15, 0.2) is 20.9 Å². The molecule has 0 spiro atoms. The van der Waals surface area contributed by atoms with E-state index in [0.717, 1.165) is 16.9 Å². The van der Waals surface area contributed by atoms with Crippen LogP contribution in [0.2, 0.25) is 0 Å². The van der Waals surface area contributed by atoms with Crippen molar-refractivity contribution in [3.63, 3.8) is 0 Å². The van der Waals surface area contributed by atoms with Crippen molar-refractivity contribution in [3.05, 3.63) is 20.8 Å². The Kier molecular flexibility index (Phi) is 8.38. The predicted octanol–water partition coefficient (Wildman–Crippen LogP) is 3.02. The van der Waals surface area contributed by atoms with Gasteiger partial charge in [0.05, 0.1) is 10.3 Å². The number of hydrogen-bond donors (Lipinski definition) is 2. The molecule has 4 nitrogen and oxygen atoms in total. The van der Waals surface area contributed by atoms with Crippen molar-refractivity contribution in [2.24, 2.45) is 10.7 Å². The van der Waals surface area contributed by atoms with Crippen LogP contribution in [-0.2, 0) is 6.54 Å². The third-order valence-corrected chi connectivity index (χ3v) is 5.07. The molecule has 1 fully saturated rings. The SMILES string of the molecule is CCN1CCCC1CNC(N)=NCc1ccc(Br)s1.I. The zero-order chi connectivity index (χ0) is 13.7. The standard InChI is InChI=1S/C13H21BrN4S.HI/c1-2-18-7-3-4-10(18)8-16-13(15)17-9-11-5-6-12(14)19-11;/h5-6,10H,2-4,7-9H2,1H3,(H3,15,16,17);1H. The summed E-state index contributed by atoms with van der Waals surface area (Å²) in [5.41, 5.74) is 5.91. The van der Waals surface area contributed by atoms with Gasteiger partial charge >= 0.3 is 0 Å². The number of nitrogens with two attached hydrogens (primary N) is 1. The van der Waals surface area contributed by atoms with Gasteiger partial charge in [0.15, 0.2) is 5.96 Å². The Balaban J connectivity index is 0.00000200. The lowest BCUT2D eigenvalue weighted by atomic mass is 10.2. The Morgan fingerprint density at radius 2 is 2.40 bits per heavy atom. The molecule has 0 saturated carbocycles. The second-order valence-corrected chi connectivity index (χ2v) is 7.26. The Morgan fingerprint density at radius 1 is 1.60 bits per heavy atom. The second kappa shape index (κ2) is 9.22. The molecule has 0 bridgehead atoms. The van der Waals surface area contributed by atoms with Crippen LogP contribution in [-0.4, -0.2) is 36.5 Å². The summed E-state index contributed by atoms with van der Waals surface area (Å²) in [5.74, 6) is 0.549. The molecule has 1 saturated heterocycles. The smallest absolute Gasteiger partial charge is 0.189 e. The minimum atomic E-state index is 0. The van der Waals surface area contributed by atoms with Crippen molar-refractivity contribution >= 4 is 57.2 Å². The summed E-state index contributed by atoms with van der Waals surface area (Å²) in [6.45, 7) is 6.09. The van der Waals surface area contributed by atoms with Gasteiger partial charge in [-0.2, -0.15) is 0 Å². The molecular formula is C13H22BrIN4S. The Morgan fingerprint density at radius 3 is 3.05 bits per heavy atom. The molecule has 0 amide bonds. The number of rotatable bonds is 5. The Bertz CT molecular complexity index is 438. The number of guanidine groups is 1. The summed E-state index contributed by atoms with van der Waals surface area (Å²) in [7, 11) is 0. The van der Waals surface area contributed by atoms with E-state index in [9.17, 15) is 0 Å². The maximum absolute atomic E-state index is 5.91. The van der Waals surface area contributed by atoms with Crippen LogP contribution in [0.3, 0.4) is 0 Å². The highest BCUT2D eigenvalue weighted by Gasteiger charge is 2.22. The van der Waals surface area contributed by atoms with E-state index in [1.54, 1.807) is 11.3 Å².